The molecule has 1 heterocycles. The van der Waals surface area contributed by atoms with Gasteiger partial charge in [-0.1, -0.05) is 41.6 Å². The van der Waals surface area contributed by atoms with Crippen molar-refractivity contribution >= 4 is 17.7 Å². The van der Waals surface area contributed by atoms with Gasteiger partial charge in [-0.3, -0.25) is 4.79 Å². The Morgan fingerprint density at radius 2 is 1.93 bits per heavy atom. The molecule has 3 rings (SSSR count). The lowest BCUT2D eigenvalue weighted by molar-refractivity contribution is 0.0912. The number of nitrogens with zero attached hydrogens (tertiary/aromatic N) is 1. The average molecular weight is 396 g/mol. The van der Waals surface area contributed by atoms with E-state index >= 15 is 0 Å². The molecule has 0 bridgehead atoms. The fourth-order valence-corrected chi connectivity index (χ4v) is 3.70. The van der Waals surface area contributed by atoms with E-state index in [0.717, 1.165) is 10.5 Å². The summed E-state index contributed by atoms with van der Waals surface area (Å²) in [5.74, 6) is -0.690. The van der Waals surface area contributed by atoms with Crippen LogP contribution in [0.15, 0.2) is 70.7 Å². The zero-order valence-corrected chi connectivity index (χ0v) is 16.5. The first-order valence-corrected chi connectivity index (χ1v) is 9.67. The maximum atomic E-state index is 13.0. The first-order valence-electron chi connectivity index (χ1n) is 8.86. The summed E-state index contributed by atoms with van der Waals surface area (Å²) < 4.78 is 13.0. The van der Waals surface area contributed by atoms with E-state index in [2.05, 4.69) is 16.4 Å². The maximum absolute atomic E-state index is 13.0. The molecule has 1 amide bonds. The summed E-state index contributed by atoms with van der Waals surface area (Å²) >= 11 is 1.43. The van der Waals surface area contributed by atoms with Gasteiger partial charge in [0.05, 0.1) is 11.7 Å². The van der Waals surface area contributed by atoms with Crippen LogP contribution in [0.3, 0.4) is 0 Å². The van der Waals surface area contributed by atoms with Crippen LogP contribution in [-0.2, 0) is 0 Å². The number of carbonyl (C=O) groups excluding carboxylic acids is 1. The number of hydrogen-bond donors (Lipinski definition) is 2. The lowest BCUT2D eigenvalue weighted by Crippen LogP contribution is -2.29. The van der Waals surface area contributed by atoms with E-state index in [1.807, 2.05) is 26.0 Å². The van der Waals surface area contributed by atoms with Gasteiger partial charge in [0.1, 0.15) is 10.8 Å². The van der Waals surface area contributed by atoms with Crippen molar-refractivity contribution in [3.63, 3.8) is 0 Å². The largest absolute Gasteiger partial charge is 0.387 e. The molecule has 0 fully saturated rings. The van der Waals surface area contributed by atoms with Gasteiger partial charge in [-0.15, -0.1) is 0 Å². The van der Waals surface area contributed by atoms with Gasteiger partial charge in [-0.05, 0) is 55.3 Å². The van der Waals surface area contributed by atoms with Gasteiger partial charge < -0.3 is 10.4 Å². The molecule has 1 unspecified atom stereocenters. The molecule has 1 aromatic heterocycles. The van der Waals surface area contributed by atoms with Crippen LogP contribution in [0.5, 0.6) is 0 Å². The molecule has 3 aromatic rings. The number of benzene rings is 2. The Morgan fingerprint density at radius 1 is 1.18 bits per heavy atom. The number of pyridine rings is 1. The highest BCUT2D eigenvalue weighted by atomic mass is 32.2. The number of halogens is 1. The van der Waals surface area contributed by atoms with E-state index in [9.17, 15) is 14.3 Å². The number of aromatic nitrogens is 1. The smallest absolute Gasteiger partial charge is 0.254 e. The van der Waals surface area contributed by atoms with E-state index in [0.29, 0.717) is 16.2 Å². The Kier molecular flexibility index (Phi) is 6.44. The van der Waals surface area contributed by atoms with Crippen LogP contribution < -0.4 is 5.32 Å². The highest BCUT2D eigenvalue weighted by Gasteiger charge is 2.16. The molecule has 0 spiro atoms. The normalized spacial score (nSPS) is 11.9. The second kappa shape index (κ2) is 8.99. The number of nitrogens with one attached hydrogen (secondary N) is 1. The van der Waals surface area contributed by atoms with Gasteiger partial charge in [0.15, 0.2) is 0 Å². The van der Waals surface area contributed by atoms with Crippen molar-refractivity contribution in [1.29, 1.82) is 0 Å². The fourth-order valence-electron chi connectivity index (χ4n) is 2.75. The van der Waals surface area contributed by atoms with Crippen molar-refractivity contribution in [3.05, 3.63) is 88.9 Å². The number of aryl methyl sites for hydroxylation is 2. The number of aliphatic hydroxyl groups excluding tert-OH is 1. The molecule has 0 aliphatic carbocycles. The van der Waals surface area contributed by atoms with E-state index < -0.39 is 6.10 Å². The highest BCUT2D eigenvalue weighted by molar-refractivity contribution is 7.99. The summed E-state index contributed by atoms with van der Waals surface area (Å²) in [5, 5.41) is 13.5. The average Bonchev–Trinajstić information content (AvgIpc) is 2.69. The summed E-state index contributed by atoms with van der Waals surface area (Å²) in [5.41, 5.74) is 3.28. The molecule has 0 saturated heterocycles. The highest BCUT2D eigenvalue weighted by Crippen LogP contribution is 2.31. The molecular weight excluding hydrogens is 375 g/mol. The van der Waals surface area contributed by atoms with E-state index in [1.54, 1.807) is 18.3 Å². The summed E-state index contributed by atoms with van der Waals surface area (Å²) in [6.07, 6.45) is 0.729. The number of hydrogen-bond acceptors (Lipinski definition) is 4. The Bertz CT molecular complexity index is 977. The minimum Gasteiger partial charge on any atom is -0.387 e. The molecule has 2 N–H and O–H groups in total. The van der Waals surface area contributed by atoms with Gasteiger partial charge in [-0.25, -0.2) is 9.37 Å². The summed E-state index contributed by atoms with van der Waals surface area (Å²) in [6, 6.07) is 15.1. The zero-order valence-electron chi connectivity index (χ0n) is 15.6. The molecule has 2 aromatic carbocycles. The molecule has 0 aliphatic rings. The Balaban J connectivity index is 1.71. The standard InChI is InChI=1S/C22H21FN2O2S/c1-14-5-10-20(15(2)12-14)28-22-18(4-3-11-24-22)21(27)25-13-19(26)16-6-8-17(23)9-7-16/h3-12,19,26H,13H2,1-2H3,(H,25,27). The van der Waals surface area contributed by atoms with Crippen LogP contribution in [0.25, 0.3) is 0 Å². The van der Waals surface area contributed by atoms with E-state index in [1.165, 1.54) is 41.6 Å². The summed E-state index contributed by atoms with van der Waals surface area (Å²) in [7, 11) is 0. The van der Waals surface area contributed by atoms with Crippen LogP contribution >= 0.6 is 11.8 Å². The topological polar surface area (TPSA) is 62.2 Å². The van der Waals surface area contributed by atoms with Crippen molar-refractivity contribution in [2.75, 3.05) is 6.54 Å². The van der Waals surface area contributed by atoms with Crippen molar-refractivity contribution in [3.8, 4) is 0 Å². The fraction of sp³-hybridized carbons (Fsp3) is 0.182. The molecule has 0 aliphatic heterocycles. The maximum Gasteiger partial charge on any atom is 0.254 e. The lowest BCUT2D eigenvalue weighted by Gasteiger charge is -2.14. The van der Waals surface area contributed by atoms with Crippen molar-refractivity contribution in [2.24, 2.45) is 0 Å². The number of rotatable bonds is 6. The van der Waals surface area contributed by atoms with Gasteiger partial charge in [0.25, 0.3) is 5.91 Å². The summed E-state index contributed by atoms with van der Waals surface area (Å²) in [4.78, 5) is 18.0. The number of aliphatic hydroxyl groups is 1. The predicted molar refractivity (Wildman–Crippen MR) is 108 cm³/mol. The third kappa shape index (κ3) is 4.97. The lowest BCUT2D eigenvalue weighted by atomic mass is 10.1. The molecule has 1 atom stereocenters. The van der Waals surface area contributed by atoms with E-state index in [4.69, 9.17) is 0 Å². The van der Waals surface area contributed by atoms with Crippen LogP contribution in [0, 0.1) is 19.7 Å². The first kappa shape index (κ1) is 20.0. The second-order valence-corrected chi connectivity index (χ2v) is 7.54. The van der Waals surface area contributed by atoms with Crippen molar-refractivity contribution in [2.45, 2.75) is 29.9 Å². The van der Waals surface area contributed by atoms with Gasteiger partial charge >= 0.3 is 0 Å². The minimum absolute atomic E-state index is 0.0209. The van der Waals surface area contributed by atoms with Crippen molar-refractivity contribution < 1.29 is 14.3 Å². The Morgan fingerprint density at radius 3 is 2.64 bits per heavy atom. The molecule has 0 saturated carbocycles. The molecule has 144 valence electrons. The molecule has 6 heteroatoms. The zero-order chi connectivity index (χ0) is 20.1. The van der Waals surface area contributed by atoms with Gasteiger partial charge in [-0.2, -0.15) is 0 Å². The van der Waals surface area contributed by atoms with Crippen LogP contribution in [0.2, 0.25) is 0 Å². The summed E-state index contributed by atoms with van der Waals surface area (Å²) in [6.45, 7) is 4.08. The number of carbonyl (C=O) groups is 1. The number of amides is 1. The van der Waals surface area contributed by atoms with Crippen molar-refractivity contribution in [1.82, 2.24) is 10.3 Å². The third-order valence-corrected chi connectivity index (χ3v) is 5.46. The van der Waals surface area contributed by atoms with Gasteiger partial charge in [0, 0.05) is 17.6 Å². The molecule has 28 heavy (non-hydrogen) atoms. The molecule has 0 radical (unpaired) electrons. The first-order chi connectivity index (χ1) is 13.4. The third-order valence-electron chi connectivity index (χ3n) is 4.26. The molecular formula is C22H21FN2O2S. The monoisotopic (exact) mass is 396 g/mol. The quantitative estimate of drug-likeness (QED) is 0.646. The van der Waals surface area contributed by atoms with Crippen LogP contribution in [-0.4, -0.2) is 22.5 Å². The van der Waals surface area contributed by atoms with Crippen LogP contribution in [0.1, 0.15) is 33.2 Å². The van der Waals surface area contributed by atoms with Crippen LogP contribution in [0.4, 0.5) is 4.39 Å². The Labute approximate surface area is 167 Å². The minimum atomic E-state index is -0.920. The second-order valence-electron chi connectivity index (χ2n) is 6.50. The predicted octanol–water partition coefficient (Wildman–Crippen LogP) is 4.45. The van der Waals surface area contributed by atoms with Gasteiger partial charge in [0.2, 0.25) is 0 Å². The Hall–Kier alpha value is -2.70. The molecule has 4 nitrogen and oxygen atoms in total. The SMILES string of the molecule is Cc1ccc(Sc2ncccc2C(=O)NCC(O)c2ccc(F)cc2)c(C)c1. The van der Waals surface area contributed by atoms with E-state index in [-0.39, 0.29) is 18.3 Å².